The summed E-state index contributed by atoms with van der Waals surface area (Å²) in [5.74, 6) is 4.20. The van der Waals surface area contributed by atoms with E-state index in [1.54, 1.807) is 5.57 Å². The molecule has 3 fully saturated rings. The monoisotopic (exact) mass is 416 g/mol. The maximum Gasteiger partial charge on any atom is 0.0657 e. The number of fused-ring (bicyclic) bond motifs is 5. The third-order valence-corrected chi connectivity index (χ3v) is 10.6. The van der Waals surface area contributed by atoms with E-state index in [0.29, 0.717) is 10.8 Å². The highest BCUT2D eigenvalue weighted by Crippen LogP contribution is 2.67. The summed E-state index contributed by atoms with van der Waals surface area (Å²) in [6.07, 6.45) is 15.8. The first-order valence-electron chi connectivity index (χ1n) is 13.0. The molecule has 3 saturated carbocycles. The molecule has 0 aromatic rings. The molecule has 0 saturated heterocycles. The molecule has 4 rings (SSSR count). The molecule has 0 amide bonds. The van der Waals surface area contributed by atoms with Crippen molar-refractivity contribution in [1.29, 1.82) is 0 Å². The first-order chi connectivity index (χ1) is 13.9. The Balaban J connectivity index is 1.48. The van der Waals surface area contributed by atoms with Crippen molar-refractivity contribution in [3.8, 4) is 0 Å². The molecule has 2 N–H and O–H groups in total. The first-order valence-corrected chi connectivity index (χ1v) is 13.0. The largest absolute Gasteiger partial charge is 0.390 e. The van der Waals surface area contributed by atoms with Gasteiger partial charge in [-0.1, -0.05) is 45.3 Å². The number of hydrogen-bond donors (Lipinski definition) is 2. The van der Waals surface area contributed by atoms with E-state index in [1.807, 2.05) is 20.8 Å². The average molecular weight is 417 g/mol. The van der Waals surface area contributed by atoms with E-state index >= 15 is 0 Å². The molecule has 0 spiro atoms. The highest BCUT2D eigenvalue weighted by atomic mass is 16.3. The summed E-state index contributed by atoms with van der Waals surface area (Å²) in [5.41, 5.74) is 1.42. The molecule has 172 valence electrons. The van der Waals surface area contributed by atoms with E-state index in [-0.39, 0.29) is 0 Å². The van der Waals surface area contributed by atoms with Crippen molar-refractivity contribution in [2.75, 3.05) is 0 Å². The van der Waals surface area contributed by atoms with Crippen LogP contribution in [0.4, 0.5) is 0 Å². The molecule has 8 atom stereocenters. The third-order valence-electron chi connectivity index (χ3n) is 10.6. The second-order valence-corrected chi connectivity index (χ2v) is 13.3. The smallest absolute Gasteiger partial charge is 0.0657 e. The molecule has 0 radical (unpaired) electrons. The van der Waals surface area contributed by atoms with Gasteiger partial charge < -0.3 is 10.2 Å². The Morgan fingerprint density at radius 1 is 1.07 bits per heavy atom. The van der Waals surface area contributed by atoms with E-state index in [1.165, 1.54) is 44.9 Å². The fourth-order valence-electron chi connectivity index (χ4n) is 8.84. The molecule has 0 aromatic heterocycles. The van der Waals surface area contributed by atoms with Gasteiger partial charge in [0, 0.05) is 0 Å². The standard InChI is InChI=1S/C28H48O2/c1-19(8-7-14-25(2,3)29)22-11-12-23-21-10-9-20-18-26(4,30)16-17-27(20,5)24(21)13-15-28(22,23)6/h9,19,21-24,29-30H,7-8,10-18H2,1-6H3/t19-,21+,22-,23+,24+,26+,27+,28-/m1/s1. The lowest BCUT2D eigenvalue weighted by atomic mass is 9.46. The lowest BCUT2D eigenvalue weighted by Gasteiger charge is -2.59. The van der Waals surface area contributed by atoms with Gasteiger partial charge in [0.05, 0.1) is 11.2 Å². The highest BCUT2D eigenvalue weighted by Gasteiger charge is 2.59. The van der Waals surface area contributed by atoms with Crippen molar-refractivity contribution in [3.05, 3.63) is 11.6 Å². The molecule has 0 aliphatic heterocycles. The Morgan fingerprint density at radius 2 is 1.80 bits per heavy atom. The molecule has 0 aromatic carbocycles. The molecule has 4 aliphatic carbocycles. The molecule has 0 unspecified atom stereocenters. The van der Waals surface area contributed by atoms with Gasteiger partial charge >= 0.3 is 0 Å². The van der Waals surface area contributed by atoms with Crippen LogP contribution in [0.3, 0.4) is 0 Å². The first kappa shape index (κ1) is 22.8. The second kappa shape index (κ2) is 7.62. The predicted molar refractivity (Wildman–Crippen MR) is 125 cm³/mol. The van der Waals surface area contributed by atoms with Crippen LogP contribution in [0.15, 0.2) is 11.6 Å². The number of rotatable bonds is 5. The summed E-state index contributed by atoms with van der Waals surface area (Å²) in [5, 5.41) is 20.8. The minimum atomic E-state index is -0.522. The Morgan fingerprint density at radius 3 is 2.50 bits per heavy atom. The maximum atomic E-state index is 10.7. The lowest BCUT2D eigenvalue weighted by Crippen LogP contribution is -2.52. The fraction of sp³-hybridized carbons (Fsp3) is 0.929. The minimum absolute atomic E-state index is 0.336. The van der Waals surface area contributed by atoms with Crippen LogP contribution in [0.2, 0.25) is 0 Å². The zero-order chi connectivity index (χ0) is 21.9. The van der Waals surface area contributed by atoms with Gasteiger partial charge in [-0.2, -0.15) is 0 Å². The number of hydrogen-bond acceptors (Lipinski definition) is 2. The van der Waals surface area contributed by atoms with E-state index < -0.39 is 11.2 Å². The number of aliphatic hydroxyl groups is 2. The molecule has 0 heterocycles. The van der Waals surface area contributed by atoms with E-state index in [2.05, 4.69) is 26.8 Å². The third kappa shape index (κ3) is 3.94. The van der Waals surface area contributed by atoms with Crippen LogP contribution >= 0.6 is 0 Å². The Labute approximate surface area is 185 Å². The van der Waals surface area contributed by atoms with Gasteiger partial charge in [0.25, 0.3) is 0 Å². The molecule has 4 aliphatic rings. The van der Waals surface area contributed by atoms with Crippen LogP contribution in [-0.4, -0.2) is 21.4 Å². The SMILES string of the molecule is C[C@H](CCCC(C)(C)O)[C@H]1CC[C@H]2[C@@H]3CC=C4C[C@@](C)(O)CC[C@]4(C)[C@H]3CC[C@]12C. The van der Waals surface area contributed by atoms with Gasteiger partial charge in [-0.05, 0) is 119 Å². The van der Waals surface area contributed by atoms with Crippen LogP contribution < -0.4 is 0 Å². The topological polar surface area (TPSA) is 40.5 Å². The highest BCUT2D eigenvalue weighted by molar-refractivity contribution is 5.26. The summed E-state index contributed by atoms with van der Waals surface area (Å²) in [7, 11) is 0. The zero-order valence-corrected chi connectivity index (χ0v) is 20.6. The Kier molecular flexibility index (Phi) is 5.80. The zero-order valence-electron chi connectivity index (χ0n) is 20.6. The molecular formula is C28H48O2. The van der Waals surface area contributed by atoms with Crippen LogP contribution in [-0.2, 0) is 0 Å². The van der Waals surface area contributed by atoms with Crippen molar-refractivity contribution in [2.45, 2.75) is 123 Å². The summed E-state index contributed by atoms with van der Waals surface area (Å²) in [6, 6.07) is 0. The summed E-state index contributed by atoms with van der Waals surface area (Å²) in [6.45, 7) is 13.6. The Hall–Kier alpha value is -0.340. The van der Waals surface area contributed by atoms with Crippen LogP contribution in [0, 0.1) is 40.4 Å². The second-order valence-electron chi connectivity index (χ2n) is 13.3. The molecule has 30 heavy (non-hydrogen) atoms. The predicted octanol–water partition coefficient (Wildman–Crippen LogP) is 6.89. The van der Waals surface area contributed by atoms with Crippen molar-refractivity contribution in [2.24, 2.45) is 40.4 Å². The lowest BCUT2D eigenvalue weighted by molar-refractivity contribution is -0.0707. The van der Waals surface area contributed by atoms with Gasteiger partial charge in [0.15, 0.2) is 0 Å². The minimum Gasteiger partial charge on any atom is -0.390 e. The van der Waals surface area contributed by atoms with Crippen molar-refractivity contribution in [1.82, 2.24) is 0 Å². The van der Waals surface area contributed by atoms with E-state index in [4.69, 9.17) is 0 Å². The number of allylic oxidation sites excluding steroid dienone is 1. The van der Waals surface area contributed by atoms with Crippen molar-refractivity contribution in [3.63, 3.8) is 0 Å². The fourth-order valence-corrected chi connectivity index (χ4v) is 8.84. The molecule has 0 bridgehead atoms. The molecular weight excluding hydrogens is 368 g/mol. The van der Waals surface area contributed by atoms with Crippen LogP contribution in [0.25, 0.3) is 0 Å². The quantitative estimate of drug-likeness (QED) is 0.479. The summed E-state index contributed by atoms with van der Waals surface area (Å²) < 4.78 is 0. The van der Waals surface area contributed by atoms with Crippen molar-refractivity contribution >= 4 is 0 Å². The van der Waals surface area contributed by atoms with E-state index in [9.17, 15) is 10.2 Å². The summed E-state index contributed by atoms with van der Waals surface area (Å²) in [4.78, 5) is 0. The Bertz CT molecular complexity index is 671. The normalized spacial score (nSPS) is 47.1. The van der Waals surface area contributed by atoms with E-state index in [0.717, 1.165) is 55.3 Å². The summed E-state index contributed by atoms with van der Waals surface area (Å²) >= 11 is 0. The molecule has 2 nitrogen and oxygen atoms in total. The van der Waals surface area contributed by atoms with Gasteiger partial charge in [0.2, 0.25) is 0 Å². The van der Waals surface area contributed by atoms with Crippen LogP contribution in [0.1, 0.15) is 112 Å². The molecule has 2 heteroatoms. The van der Waals surface area contributed by atoms with Gasteiger partial charge in [-0.15, -0.1) is 0 Å². The van der Waals surface area contributed by atoms with Gasteiger partial charge in [-0.3, -0.25) is 0 Å². The van der Waals surface area contributed by atoms with Crippen LogP contribution in [0.5, 0.6) is 0 Å². The van der Waals surface area contributed by atoms with Crippen molar-refractivity contribution < 1.29 is 10.2 Å². The average Bonchev–Trinajstić information content (AvgIpc) is 2.98. The van der Waals surface area contributed by atoms with Gasteiger partial charge in [0.1, 0.15) is 0 Å². The van der Waals surface area contributed by atoms with Gasteiger partial charge in [-0.25, -0.2) is 0 Å². The maximum absolute atomic E-state index is 10.7.